The molecular formula is C123H77F6N15. The van der Waals surface area contributed by atoms with Gasteiger partial charge in [0.05, 0.1) is 34.2 Å². The van der Waals surface area contributed by atoms with Crippen LogP contribution < -0.4 is 0 Å². The number of hydrogen-bond acceptors (Lipinski definition) is 15. The lowest BCUT2D eigenvalue weighted by Gasteiger charge is -2.11. The van der Waals surface area contributed by atoms with Crippen molar-refractivity contribution in [1.82, 2.24) is 74.8 Å². The highest BCUT2D eigenvalue weighted by Crippen LogP contribution is 2.39. The largest absolute Gasteiger partial charge is 0.228 e. The molecule has 0 aliphatic rings. The number of aromatic nitrogens is 15. The first-order chi connectivity index (χ1) is 70.7. The summed E-state index contributed by atoms with van der Waals surface area (Å²) in [6.07, 6.45) is 0. The molecule has 0 atom stereocenters. The minimum atomic E-state index is -0.359. The molecule has 0 bridgehead atoms. The Labute approximate surface area is 824 Å². The summed E-state index contributed by atoms with van der Waals surface area (Å²) >= 11 is 0. The Morgan fingerprint density at radius 3 is 0.403 bits per heavy atom. The molecule has 144 heavy (non-hydrogen) atoms. The highest BCUT2D eigenvalue weighted by atomic mass is 19.1. The van der Waals surface area contributed by atoms with Gasteiger partial charge in [-0.25, -0.2) is 101 Å². The Balaban J connectivity index is 0.000000128. The standard InChI is InChI=1S/2C43H27F2N5.C37H23F2N5/c44-36-21-17-30(18-22-36)40-48-41(31-19-23-37(45)24-20-31)50-43(49-40)35-16-8-14-33(26-35)32-13-7-15-34(25-32)42-46-38(28-9-3-1-4-10-28)27-39(47-42)29-11-5-2-6-12-29;44-36-22-18-32(19-23-36)41-48-42(33-20-24-37(45)25-21-33)50-43(49-41)35-13-7-12-34(26-35)28-14-16-31(17-15-28)40-46-38(29-8-3-1-4-9-29)27-39(47-40)30-10-5-2-6-11-30;38-30-18-14-26(15-19-30)34-42-35(27-16-20-31(39)21-17-27)44-37(43-34)29-13-7-12-28(22-29)36-40-32(24-8-3-1-4-9-24)23-33(41-36)25-10-5-2-6-11-25/h2*1-27H;1-23H. The van der Waals surface area contributed by atoms with Gasteiger partial charge in [-0.3, -0.25) is 0 Å². The molecule has 6 aromatic heterocycles. The normalized spacial score (nSPS) is 11.0. The van der Waals surface area contributed by atoms with E-state index >= 15 is 0 Å². The highest BCUT2D eigenvalue weighted by molar-refractivity contribution is 5.82. The predicted molar refractivity (Wildman–Crippen MR) is 555 cm³/mol. The zero-order valence-electron chi connectivity index (χ0n) is 76.4. The van der Waals surface area contributed by atoms with Crippen molar-refractivity contribution in [2.24, 2.45) is 0 Å². The van der Waals surface area contributed by atoms with Gasteiger partial charge in [0.15, 0.2) is 69.9 Å². The van der Waals surface area contributed by atoms with Gasteiger partial charge in [-0.1, -0.05) is 279 Å². The van der Waals surface area contributed by atoms with Crippen molar-refractivity contribution in [3.05, 3.63) is 502 Å². The Bertz CT molecular complexity index is 8130. The molecule has 6 heterocycles. The molecule has 0 aliphatic carbocycles. The molecular weight excluding hydrogens is 1800 g/mol. The van der Waals surface area contributed by atoms with Crippen molar-refractivity contribution in [2.75, 3.05) is 0 Å². The molecule has 0 radical (unpaired) electrons. The molecule has 0 amide bonds. The summed E-state index contributed by atoms with van der Waals surface area (Å²) in [6.45, 7) is 0. The summed E-state index contributed by atoms with van der Waals surface area (Å²) in [5.74, 6) is 3.22. The molecule has 0 fully saturated rings. The van der Waals surface area contributed by atoms with Crippen LogP contribution in [0.25, 0.3) is 226 Å². The molecule has 0 spiro atoms. The third-order valence-electron chi connectivity index (χ3n) is 23.7. The van der Waals surface area contributed by atoms with E-state index in [0.717, 1.165) is 118 Å². The van der Waals surface area contributed by atoms with Crippen LogP contribution >= 0.6 is 0 Å². The summed E-state index contributed by atoms with van der Waals surface area (Å²) in [5, 5.41) is 0. The molecule has 23 aromatic rings. The van der Waals surface area contributed by atoms with Crippen molar-refractivity contribution in [2.45, 2.75) is 0 Å². The number of hydrogen-bond donors (Lipinski definition) is 0. The molecule has 0 N–H and O–H groups in total. The van der Waals surface area contributed by atoms with Gasteiger partial charge in [-0.15, -0.1) is 0 Å². The van der Waals surface area contributed by atoms with E-state index < -0.39 is 0 Å². The zero-order valence-corrected chi connectivity index (χ0v) is 76.4. The maximum absolute atomic E-state index is 13.8. The van der Waals surface area contributed by atoms with Crippen LogP contribution in [-0.2, 0) is 0 Å². The van der Waals surface area contributed by atoms with E-state index in [2.05, 4.69) is 57.4 Å². The van der Waals surface area contributed by atoms with E-state index in [1.54, 1.807) is 72.8 Å². The summed E-state index contributed by atoms with van der Waals surface area (Å²) < 4.78 is 82.4. The molecule has 686 valence electrons. The van der Waals surface area contributed by atoms with Crippen LogP contribution in [0.1, 0.15) is 0 Å². The molecule has 15 nitrogen and oxygen atoms in total. The topological polar surface area (TPSA) is 193 Å². The maximum Gasteiger partial charge on any atom is 0.164 e. The fraction of sp³-hybridized carbons (Fsp3) is 0. The minimum absolute atomic E-state index is 0.354. The molecule has 23 rings (SSSR count). The van der Waals surface area contributed by atoms with E-state index in [9.17, 15) is 26.3 Å². The smallest absolute Gasteiger partial charge is 0.164 e. The van der Waals surface area contributed by atoms with Crippen LogP contribution in [0.5, 0.6) is 0 Å². The molecule has 0 saturated carbocycles. The summed E-state index contributed by atoms with van der Waals surface area (Å²) in [4.78, 5) is 72.4. The lowest BCUT2D eigenvalue weighted by molar-refractivity contribution is 0.627. The van der Waals surface area contributed by atoms with Gasteiger partial charge >= 0.3 is 0 Å². The first-order valence-electron chi connectivity index (χ1n) is 46.1. The van der Waals surface area contributed by atoms with Crippen molar-refractivity contribution >= 4 is 0 Å². The van der Waals surface area contributed by atoms with Crippen LogP contribution in [0.3, 0.4) is 0 Å². The third-order valence-corrected chi connectivity index (χ3v) is 23.7. The Morgan fingerprint density at radius 2 is 0.215 bits per heavy atom. The zero-order chi connectivity index (χ0) is 97.6. The summed E-state index contributed by atoms with van der Waals surface area (Å²) in [5.41, 5.74) is 23.5. The second-order valence-electron chi connectivity index (χ2n) is 33.4. The lowest BCUT2D eigenvalue weighted by atomic mass is 10.00. The molecule has 0 aliphatic heterocycles. The van der Waals surface area contributed by atoms with Gasteiger partial charge in [0.1, 0.15) is 34.9 Å². The predicted octanol–water partition coefficient (Wildman–Crippen LogP) is 30.2. The van der Waals surface area contributed by atoms with Crippen molar-refractivity contribution in [3.63, 3.8) is 0 Å². The second kappa shape index (κ2) is 41.9. The van der Waals surface area contributed by atoms with Gasteiger partial charge < -0.3 is 0 Å². The fourth-order valence-corrected chi connectivity index (χ4v) is 16.3. The SMILES string of the molecule is Fc1ccc(-c2nc(-c3ccc(F)cc3)nc(-c3cccc(-c4ccc(-c5nc(-c6ccccc6)cc(-c6ccccc6)n5)cc4)c3)n2)cc1.Fc1ccc(-c2nc(-c3ccc(F)cc3)nc(-c3cccc(-c4cccc(-c5nc(-c6ccccc6)cc(-c6ccccc6)n5)c4)c3)n2)cc1.Fc1ccc(-c2nc(-c3ccc(F)cc3)nc(-c3cccc(-c4nc(-c5ccccc5)cc(-c5ccccc5)n4)c3)n2)cc1. The van der Waals surface area contributed by atoms with Gasteiger partial charge in [0, 0.05) is 100 Å². The first-order valence-corrected chi connectivity index (χ1v) is 46.1. The Kier molecular flexibility index (Phi) is 26.5. The number of benzene rings is 17. The molecule has 17 aromatic carbocycles. The Morgan fingerprint density at radius 1 is 0.0903 bits per heavy atom. The van der Waals surface area contributed by atoms with Crippen LogP contribution in [0.4, 0.5) is 26.3 Å². The average Bonchev–Trinajstić information content (AvgIpc) is 0.762. The van der Waals surface area contributed by atoms with Crippen LogP contribution in [-0.4, -0.2) is 74.8 Å². The van der Waals surface area contributed by atoms with E-state index in [0.29, 0.717) is 109 Å². The van der Waals surface area contributed by atoms with Crippen molar-refractivity contribution < 1.29 is 26.3 Å². The van der Waals surface area contributed by atoms with E-state index in [-0.39, 0.29) is 34.9 Å². The van der Waals surface area contributed by atoms with Crippen LogP contribution in [0, 0.1) is 34.9 Å². The van der Waals surface area contributed by atoms with E-state index in [1.807, 2.05) is 279 Å². The lowest BCUT2D eigenvalue weighted by Crippen LogP contribution is -2.01. The Hall–Kier alpha value is -19.4. The molecule has 21 heteroatoms. The number of halogens is 6. The quantitative estimate of drug-likeness (QED) is 0.0654. The van der Waals surface area contributed by atoms with Gasteiger partial charge in [-0.05, 0) is 210 Å². The monoisotopic (exact) mass is 1880 g/mol. The van der Waals surface area contributed by atoms with Gasteiger partial charge in [0.25, 0.3) is 0 Å². The first kappa shape index (κ1) is 91.0. The highest BCUT2D eigenvalue weighted by Gasteiger charge is 2.22. The van der Waals surface area contributed by atoms with E-state index in [4.69, 9.17) is 59.8 Å². The number of nitrogens with zero attached hydrogens (tertiary/aromatic N) is 15. The second-order valence-corrected chi connectivity index (χ2v) is 33.4. The summed E-state index contributed by atoms with van der Waals surface area (Å²) in [6, 6.07) is 142. The third kappa shape index (κ3) is 21.5. The van der Waals surface area contributed by atoms with Crippen molar-refractivity contribution in [1.29, 1.82) is 0 Å². The fourth-order valence-electron chi connectivity index (χ4n) is 16.3. The van der Waals surface area contributed by atoms with Crippen LogP contribution in [0.2, 0.25) is 0 Å². The molecule has 0 unspecified atom stereocenters. The summed E-state index contributed by atoms with van der Waals surface area (Å²) in [7, 11) is 0. The van der Waals surface area contributed by atoms with Gasteiger partial charge in [-0.2, -0.15) is 0 Å². The number of rotatable bonds is 20. The average molecular weight is 1880 g/mol. The maximum atomic E-state index is 13.8. The van der Waals surface area contributed by atoms with Crippen LogP contribution in [0.15, 0.2) is 467 Å². The molecule has 0 saturated heterocycles. The van der Waals surface area contributed by atoms with Gasteiger partial charge in [0.2, 0.25) is 0 Å². The van der Waals surface area contributed by atoms with Crippen molar-refractivity contribution in [3.8, 4) is 226 Å². The minimum Gasteiger partial charge on any atom is -0.228 e. The van der Waals surface area contributed by atoms with E-state index in [1.165, 1.54) is 72.8 Å².